The second-order valence-electron chi connectivity index (χ2n) is 3.88. The first kappa shape index (κ1) is 9.98. The molecule has 0 saturated carbocycles. The van der Waals surface area contributed by atoms with Gasteiger partial charge in [0.1, 0.15) is 0 Å². The SMILES string of the molecule is Cn1cc(CC(N)C2CCSC2)nn1. The van der Waals surface area contributed by atoms with E-state index in [1.54, 1.807) is 4.68 Å². The molecular weight excluding hydrogens is 196 g/mol. The third-order valence-corrected chi connectivity index (χ3v) is 3.85. The molecular formula is C9H16N4S. The standard InChI is InChI=1S/C9H16N4S/c1-13-5-8(11-12-13)4-9(10)7-2-3-14-6-7/h5,7,9H,2-4,6,10H2,1H3. The number of aromatic nitrogens is 3. The van der Waals surface area contributed by atoms with Crippen LogP contribution in [0, 0.1) is 5.92 Å². The van der Waals surface area contributed by atoms with Gasteiger partial charge in [-0.15, -0.1) is 5.10 Å². The second-order valence-corrected chi connectivity index (χ2v) is 5.03. The number of rotatable bonds is 3. The highest BCUT2D eigenvalue weighted by Gasteiger charge is 2.23. The molecule has 1 aromatic heterocycles. The minimum Gasteiger partial charge on any atom is -0.327 e. The summed E-state index contributed by atoms with van der Waals surface area (Å²) in [7, 11) is 1.88. The van der Waals surface area contributed by atoms with Gasteiger partial charge in [-0.05, 0) is 23.8 Å². The Morgan fingerprint density at radius 1 is 1.79 bits per heavy atom. The summed E-state index contributed by atoms with van der Waals surface area (Å²) in [6.07, 6.45) is 4.06. The highest BCUT2D eigenvalue weighted by Crippen LogP contribution is 2.26. The van der Waals surface area contributed by atoms with Crippen LogP contribution >= 0.6 is 11.8 Å². The monoisotopic (exact) mass is 212 g/mol. The van der Waals surface area contributed by atoms with Gasteiger partial charge in [-0.25, -0.2) is 0 Å². The molecule has 1 saturated heterocycles. The van der Waals surface area contributed by atoms with Crippen molar-refractivity contribution in [3.8, 4) is 0 Å². The average molecular weight is 212 g/mol. The summed E-state index contributed by atoms with van der Waals surface area (Å²) in [5.74, 6) is 3.14. The average Bonchev–Trinajstić information content (AvgIpc) is 2.75. The quantitative estimate of drug-likeness (QED) is 0.790. The van der Waals surface area contributed by atoms with E-state index in [1.165, 1.54) is 17.9 Å². The largest absolute Gasteiger partial charge is 0.327 e. The van der Waals surface area contributed by atoms with Gasteiger partial charge in [-0.1, -0.05) is 5.21 Å². The summed E-state index contributed by atoms with van der Waals surface area (Å²) >= 11 is 2.01. The zero-order valence-electron chi connectivity index (χ0n) is 8.39. The fraction of sp³-hybridized carbons (Fsp3) is 0.778. The van der Waals surface area contributed by atoms with Crippen molar-refractivity contribution in [3.63, 3.8) is 0 Å². The molecule has 4 nitrogen and oxygen atoms in total. The lowest BCUT2D eigenvalue weighted by atomic mass is 9.96. The summed E-state index contributed by atoms with van der Waals surface area (Å²) < 4.78 is 1.73. The molecule has 1 fully saturated rings. The van der Waals surface area contributed by atoms with Gasteiger partial charge in [-0.3, -0.25) is 4.68 Å². The van der Waals surface area contributed by atoms with Crippen LogP contribution in [0.4, 0.5) is 0 Å². The number of hydrogen-bond donors (Lipinski definition) is 1. The van der Waals surface area contributed by atoms with Gasteiger partial charge in [0.25, 0.3) is 0 Å². The van der Waals surface area contributed by atoms with Crippen molar-refractivity contribution in [1.29, 1.82) is 0 Å². The van der Waals surface area contributed by atoms with Crippen LogP contribution in [0.15, 0.2) is 6.20 Å². The lowest BCUT2D eigenvalue weighted by Crippen LogP contribution is -2.32. The fourth-order valence-electron chi connectivity index (χ4n) is 1.79. The van der Waals surface area contributed by atoms with Crippen LogP contribution in [0.25, 0.3) is 0 Å². The first-order valence-electron chi connectivity index (χ1n) is 4.94. The minimum atomic E-state index is 0.252. The van der Waals surface area contributed by atoms with E-state index in [1.807, 2.05) is 25.0 Å². The highest BCUT2D eigenvalue weighted by molar-refractivity contribution is 7.99. The molecule has 1 aliphatic heterocycles. The molecule has 2 atom stereocenters. The molecule has 2 unspecified atom stereocenters. The lowest BCUT2D eigenvalue weighted by molar-refractivity contribution is 0.459. The first-order chi connectivity index (χ1) is 6.75. The van der Waals surface area contributed by atoms with Crippen LogP contribution in [-0.4, -0.2) is 32.5 Å². The molecule has 0 aromatic carbocycles. The van der Waals surface area contributed by atoms with Gasteiger partial charge in [0.2, 0.25) is 0 Å². The third kappa shape index (κ3) is 2.27. The van der Waals surface area contributed by atoms with Gasteiger partial charge < -0.3 is 5.73 Å². The molecule has 1 aromatic rings. The van der Waals surface area contributed by atoms with E-state index in [0.717, 1.165) is 12.1 Å². The van der Waals surface area contributed by atoms with Crippen molar-refractivity contribution in [1.82, 2.24) is 15.0 Å². The molecule has 2 heterocycles. The van der Waals surface area contributed by atoms with Crippen molar-refractivity contribution < 1.29 is 0 Å². The Balaban J connectivity index is 1.90. The third-order valence-electron chi connectivity index (χ3n) is 2.67. The van der Waals surface area contributed by atoms with Crippen molar-refractivity contribution >= 4 is 11.8 Å². The number of nitrogens with zero attached hydrogens (tertiary/aromatic N) is 3. The Morgan fingerprint density at radius 2 is 2.64 bits per heavy atom. The van der Waals surface area contributed by atoms with E-state index < -0.39 is 0 Å². The summed E-state index contributed by atoms with van der Waals surface area (Å²) in [6.45, 7) is 0. The van der Waals surface area contributed by atoms with Gasteiger partial charge in [0.05, 0.1) is 5.69 Å². The Bertz CT molecular complexity index is 293. The van der Waals surface area contributed by atoms with Crippen molar-refractivity contribution in [2.75, 3.05) is 11.5 Å². The molecule has 0 aliphatic carbocycles. The molecule has 1 aliphatic rings. The minimum absolute atomic E-state index is 0.252. The lowest BCUT2D eigenvalue weighted by Gasteiger charge is -2.16. The molecule has 0 amide bonds. The Labute approximate surface area is 88.2 Å². The van der Waals surface area contributed by atoms with Crippen LogP contribution in [0.3, 0.4) is 0 Å². The summed E-state index contributed by atoms with van der Waals surface area (Å²) in [5, 5.41) is 7.96. The van der Waals surface area contributed by atoms with Crippen LogP contribution in [0.5, 0.6) is 0 Å². The normalized spacial score (nSPS) is 24.0. The summed E-state index contributed by atoms with van der Waals surface area (Å²) in [4.78, 5) is 0. The van der Waals surface area contributed by atoms with Crippen LogP contribution in [0.2, 0.25) is 0 Å². The molecule has 2 N–H and O–H groups in total. The van der Waals surface area contributed by atoms with Crippen LogP contribution < -0.4 is 5.73 Å². The van der Waals surface area contributed by atoms with Crippen molar-refractivity contribution in [2.45, 2.75) is 18.9 Å². The van der Waals surface area contributed by atoms with Crippen LogP contribution in [0.1, 0.15) is 12.1 Å². The topological polar surface area (TPSA) is 56.7 Å². The number of nitrogens with two attached hydrogens (primary N) is 1. The van der Waals surface area contributed by atoms with E-state index in [0.29, 0.717) is 5.92 Å². The zero-order valence-corrected chi connectivity index (χ0v) is 9.20. The maximum Gasteiger partial charge on any atom is 0.0842 e. The molecule has 0 bridgehead atoms. The van der Waals surface area contributed by atoms with Gasteiger partial charge in [0.15, 0.2) is 0 Å². The van der Waals surface area contributed by atoms with E-state index >= 15 is 0 Å². The summed E-state index contributed by atoms with van der Waals surface area (Å²) in [5.41, 5.74) is 7.14. The smallest absolute Gasteiger partial charge is 0.0842 e. The molecule has 0 spiro atoms. The molecule has 0 radical (unpaired) electrons. The Morgan fingerprint density at radius 3 is 3.21 bits per heavy atom. The van der Waals surface area contributed by atoms with E-state index in [4.69, 9.17) is 5.73 Å². The number of aryl methyl sites for hydroxylation is 1. The van der Waals surface area contributed by atoms with E-state index in [9.17, 15) is 0 Å². The number of thioether (sulfide) groups is 1. The molecule has 5 heteroatoms. The van der Waals surface area contributed by atoms with E-state index in [2.05, 4.69) is 10.3 Å². The first-order valence-corrected chi connectivity index (χ1v) is 6.09. The predicted octanol–water partition coefficient (Wildman–Crippen LogP) is 0.438. The maximum absolute atomic E-state index is 6.13. The highest BCUT2D eigenvalue weighted by atomic mass is 32.2. The van der Waals surface area contributed by atoms with Crippen LogP contribution in [-0.2, 0) is 13.5 Å². The van der Waals surface area contributed by atoms with Crippen molar-refractivity contribution in [2.24, 2.45) is 18.7 Å². The Kier molecular flexibility index (Phi) is 3.08. The summed E-state index contributed by atoms with van der Waals surface area (Å²) in [6, 6.07) is 0.252. The molecule has 14 heavy (non-hydrogen) atoms. The fourth-order valence-corrected chi connectivity index (χ4v) is 3.14. The van der Waals surface area contributed by atoms with E-state index in [-0.39, 0.29) is 6.04 Å². The van der Waals surface area contributed by atoms with Gasteiger partial charge in [-0.2, -0.15) is 11.8 Å². The van der Waals surface area contributed by atoms with Crippen molar-refractivity contribution in [3.05, 3.63) is 11.9 Å². The second kappa shape index (κ2) is 4.31. The Hall–Kier alpha value is -0.550. The molecule has 78 valence electrons. The maximum atomic E-state index is 6.13. The predicted molar refractivity (Wildman–Crippen MR) is 58.1 cm³/mol. The zero-order chi connectivity index (χ0) is 9.97. The number of hydrogen-bond acceptors (Lipinski definition) is 4. The molecule has 2 rings (SSSR count). The van der Waals surface area contributed by atoms with Gasteiger partial charge in [0, 0.05) is 25.7 Å². The van der Waals surface area contributed by atoms with Gasteiger partial charge >= 0.3 is 0 Å².